The van der Waals surface area contributed by atoms with Crippen LogP contribution in [0.2, 0.25) is 0 Å². The average Bonchev–Trinajstić information content (AvgIpc) is 2.38. The van der Waals surface area contributed by atoms with E-state index in [0.717, 1.165) is 25.3 Å². The highest BCUT2D eigenvalue weighted by Gasteiger charge is 2.05. The Kier molecular flexibility index (Phi) is 6.81. The largest absolute Gasteiger partial charge is 0.493 e. The molecule has 0 saturated carbocycles. The smallest absolute Gasteiger partial charge is 0.122 e. The zero-order chi connectivity index (χ0) is 13.4. The Labute approximate surface area is 112 Å². The highest BCUT2D eigenvalue weighted by Crippen LogP contribution is 2.20. The lowest BCUT2D eigenvalue weighted by molar-refractivity contribution is 0.293. The average molecular weight is 249 g/mol. The third-order valence-electron chi connectivity index (χ3n) is 3.50. The van der Waals surface area contributed by atoms with Crippen molar-refractivity contribution >= 4 is 0 Å². The van der Waals surface area contributed by atoms with E-state index < -0.39 is 0 Å². The van der Waals surface area contributed by atoms with E-state index in [1.165, 1.54) is 24.0 Å². The summed E-state index contributed by atoms with van der Waals surface area (Å²) in [6, 6.07) is 6.88. The first kappa shape index (κ1) is 15.0. The Hall–Kier alpha value is -1.02. The predicted octanol–water partition coefficient (Wildman–Crippen LogP) is 3.85. The summed E-state index contributed by atoms with van der Waals surface area (Å²) in [4.78, 5) is 0. The molecule has 1 rings (SSSR count). The lowest BCUT2D eigenvalue weighted by Gasteiger charge is -2.16. The van der Waals surface area contributed by atoms with Gasteiger partial charge in [0.25, 0.3) is 0 Å². The Bertz CT molecular complexity index is 349. The molecule has 0 aliphatic rings. The van der Waals surface area contributed by atoms with Gasteiger partial charge in [-0.3, -0.25) is 0 Å². The van der Waals surface area contributed by atoms with E-state index in [9.17, 15) is 0 Å². The van der Waals surface area contributed by atoms with Crippen LogP contribution in [0.5, 0.6) is 5.75 Å². The summed E-state index contributed by atoms with van der Waals surface area (Å²) in [5, 5.41) is 3.50. The molecule has 0 saturated heterocycles. The summed E-state index contributed by atoms with van der Waals surface area (Å²) in [6.45, 7) is 10.5. The summed E-state index contributed by atoms with van der Waals surface area (Å²) in [5.41, 5.74) is 2.56. The molecule has 102 valence electrons. The standard InChI is InChI=1S/C16H27NO/c1-5-15(17-6-2)10-8-12-18-16-11-7-9-13(3)14(16)4/h7,9,11,15,17H,5-6,8,10,12H2,1-4H3. The minimum absolute atomic E-state index is 0.636. The van der Waals surface area contributed by atoms with E-state index in [0.29, 0.717) is 6.04 Å². The fourth-order valence-electron chi connectivity index (χ4n) is 2.13. The zero-order valence-corrected chi connectivity index (χ0v) is 12.3. The van der Waals surface area contributed by atoms with Gasteiger partial charge in [-0.2, -0.15) is 0 Å². The molecule has 1 N–H and O–H groups in total. The van der Waals surface area contributed by atoms with Crippen LogP contribution in [-0.2, 0) is 0 Å². The Morgan fingerprint density at radius 1 is 1.22 bits per heavy atom. The van der Waals surface area contributed by atoms with Crippen molar-refractivity contribution in [3.8, 4) is 5.75 Å². The van der Waals surface area contributed by atoms with Gasteiger partial charge in [0, 0.05) is 6.04 Å². The highest BCUT2D eigenvalue weighted by atomic mass is 16.5. The van der Waals surface area contributed by atoms with Gasteiger partial charge in [-0.05, 0) is 56.8 Å². The summed E-state index contributed by atoms with van der Waals surface area (Å²) in [6.07, 6.45) is 3.49. The first-order chi connectivity index (χ1) is 8.69. The maximum atomic E-state index is 5.86. The second-order valence-electron chi connectivity index (χ2n) is 4.85. The van der Waals surface area contributed by atoms with Gasteiger partial charge < -0.3 is 10.1 Å². The lowest BCUT2D eigenvalue weighted by atomic mass is 10.1. The summed E-state index contributed by atoms with van der Waals surface area (Å²) in [7, 11) is 0. The summed E-state index contributed by atoms with van der Waals surface area (Å²) in [5.74, 6) is 1.03. The molecule has 0 fully saturated rings. The van der Waals surface area contributed by atoms with E-state index in [2.05, 4.69) is 51.2 Å². The molecule has 18 heavy (non-hydrogen) atoms. The molecule has 1 aromatic carbocycles. The zero-order valence-electron chi connectivity index (χ0n) is 12.3. The molecule has 2 nitrogen and oxygen atoms in total. The van der Waals surface area contributed by atoms with Crippen molar-refractivity contribution in [2.75, 3.05) is 13.2 Å². The number of nitrogens with one attached hydrogen (secondary N) is 1. The van der Waals surface area contributed by atoms with Crippen LogP contribution in [0.25, 0.3) is 0 Å². The van der Waals surface area contributed by atoms with Crippen LogP contribution in [0.15, 0.2) is 18.2 Å². The van der Waals surface area contributed by atoms with E-state index in [1.807, 2.05) is 0 Å². The van der Waals surface area contributed by atoms with Crippen molar-refractivity contribution in [2.45, 2.75) is 53.0 Å². The monoisotopic (exact) mass is 249 g/mol. The normalized spacial score (nSPS) is 12.4. The van der Waals surface area contributed by atoms with Gasteiger partial charge >= 0.3 is 0 Å². The molecule has 0 radical (unpaired) electrons. The number of benzene rings is 1. The van der Waals surface area contributed by atoms with E-state index >= 15 is 0 Å². The molecule has 2 heteroatoms. The maximum Gasteiger partial charge on any atom is 0.122 e. The SMILES string of the molecule is CCNC(CC)CCCOc1cccc(C)c1C. The van der Waals surface area contributed by atoms with Crippen LogP contribution in [0.1, 0.15) is 44.2 Å². The van der Waals surface area contributed by atoms with Gasteiger partial charge in [-0.1, -0.05) is 26.0 Å². The van der Waals surface area contributed by atoms with Crippen LogP contribution >= 0.6 is 0 Å². The Morgan fingerprint density at radius 3 is 2.67 bits per heavy atom. The minimum atomic E-state index is 0.636. The molecule has 1 aromatic rings. The maximum absolute atomic E-state index is 5.86. The van der Waals surface area contributed by atoms with Gasteiger partial charge in [0.15, 0.2) is 0 Å². The predicted molar refractivity (Wildman–Crippen MR) is 78.4 cm³/mol. The Morgan fingerprint density at radius 2 is 2.00 bits per heavy atom. The number of ether oxygens (including phenoxy) is 1. The van der Waals surface area contributed by atoms with Gasteiger partial charge in [-0.15, -0.1) is 0 Å². The van der Waals surface area contributed by atoms with Crippen molar-refractivity contribution in [3.63, 3.8) is 0 Å². The van der Waals surface area contributed by atoms with Crippen LogP contribution in [-0.4, -0.2) is 19.2 Å². The highest BCUT2D eigenvalue weighted by molar-refractivity contribution is 5.38. The van der Waals surface area contributed by atoms with Crippen molar-refractivity contribution in [1.82, 2.24) is 5.32 Å². The quantitative estimate of drug-likeness (QED) is 0.707. The molecule has 0 amide bonds. The van der Waals surface area contributed by atoms with Crippen LogP contribution in [0.4, 0.5) is 0 Å². The van der Waals surface area contributed by atoms with Gasteiger partial charge in [0.2, 0.25) is 0 Å². The fraction of sp³-hybridized carbons (Fsp3) is 0.625. The van der Waals surface area contributed by atoms with Gasteiger partial charge in [0.05, 0.1) is 6.61 Å². The fourth-order valence-corrected chi connectivity index (χ4v) is 2.13. The Balaban J connectivity index is 2.31. The lowest BCUT2D eigenvalue weighted by Crippen LogP contribution is -2.28. The molecule has 1 unspecified atom stereocenters. The second kappa shape index (κ2) is 8.15. The first-order valence-electron chi connectivity index (χ1n) is 7.11. The molecular formula is C16H27NO. The van der Waals surface area contributed by atoms with Crippen molar-refractivity contribution in [3.05, 3.63) is 29.3 Å². The topological polar surface area (TPSA) is 21.3 Å². The van der Waals surface area contributed by atoms with Crippen LogP contribution in [0, 0.1) is 13.8 Å². The molecule has 0 bridgehead atoms. The number of aryl methyl sites for hydroxylation is 1. The third kappa shape index (κ3) is 4.69. The second-order valence-corrected chi connectivity index (χ2v) is 4.85. The van der Waals surface area contributed by atoms with E-state index in [1.54, 1.807) is 0 Å². The first-order valence-corrected chi connectivity index (χ1v) is 7.11. The van der Waals surface area contributed by atoms with E-state index in [-0.39, 0.29) is 0 Å². The molecule has 1 atom stereocenters. The van der Waals surface area contributed by atoms with Gasteiger partial charge in [-0.25, -0.2) is 0 Å². The number of hydrogen-bond acceptors (Lipinski definition) is 2. The van der Waals surface area contributed by atoms with Crippen molar-refractivity contribution in [2.24, 2.45) is 0 Å². The number of rotatable bonds is 8. The molecule has 0 aliphatic carbocycles. The molecular weight excluding hydrogens is 222 g/mol. The van der Waals surface area contributed by atoms with Crippen molar-refractivity contribution < 1.29 is 4.74 Å². The minimum Gasteiger partial charge on any atom is -0.493 e. The molecule has 0 aliphatic heterocycles. The van der Waals surface area contributed by atoms with Crippen molar-refractivity contribution in [1.29, 1.82) is 0 Å². The van der Waals surface area contributed by atoms with Crippen LogP contribution < -0.4 is 10.1 Å². The molecule has 0 aromatic heterocycles. The van der Waals surface area contributed by atoms with Gasteiger partial charge in [0.1, 0.15) is 5.75 Å². The number of hydrogen-bond donors (Lipinski definition) is 1. The summed E-state index contributed by atoms with van der Waals surface area (Å²) >= 11 is 0. The third-order valence-corrected chi connectivity index (χ3v) is 3.50. The summed E-state index contributed by atoms with van der Waals surface area (Å²) < 4.78 is 5.86. The molecule has 0 heterocycles. The van der Waals surface area contributed by atoms with Crippen LogP contribution in [0.3, 0.4) is 0 Å². The van der Waals surface area contributed by atoms with E-state index in [4.69, 9.17) is 4.74 Å². The molecule has 0 spiro atoms.